The summed E-state index contributed by atoms with van der Waals surface area (Å²) in [6.45, 7) is 6.94. The Kier molecular flexibility index (Phi) is 4.79. The van der Waals surface area contributed by atoms with E-state index in [0.29, 0.717) is 0 Å². The van der Waals surface area contributed by atoms with Gasteiger partial charge in [0.2, 0.25) is 0 Å². The summed E-state index contributed by atoms with van der Waals surface area (Å²) in [6.07, 6.45) is 8.33. The van der Waals surface area contributed by atoms with Gasteiger partial charge in [-0.2, -0.15) is 0 Å². The van der Waals surface area contributed by atoms with Crippen LogP contribution in [0.4, 0.5) is 0 Å². The Balaban J connectivity index is 2.11. The molecule has 1 saturated heterocycles. The molecule has 13 heavy (non-hydrogen) atoms. The smallest absolute Gasteiger partial charge is 0.00702 e. The fourth-order valence-corrected chi connectivity index (χ4v) is 2.38. The Morgan fingerprint density at radius 3 is 2.38 bits per heavy atom. The van der Waals surface area contributed by atoms with E-state index in [2.05, 4.69) is 26.1 Å². The van der Waals surface area contributed by atoms with Gasteiger partial charge in [0.1, 0.15) is 0 Å². The molecule has 0 aliphatic carbocycles. The standard InChI is InChI=1S/C12H25N/c1-4-11(5-2)7-9-12-8-6-10(3)13-12/h10-13H,4-9H2,1-3H3/t10-,12?/m0/s1. The fraction of sp³-hybridized carbons (Fsp3) is 1.00. The van der Waals surface area contributed by atoms with Crippen molar-refractivity contribution in [2.24, 2.45) is 5.92 Å². The summed E-state index contributed by atoms with van der Waals surface area (Å²) in [6, 6.07) is 1.60. The van der Waals surface area contributed by atoms with Gasteiger partial charge in [-0.3, -0.25) is 0 Å². The molecule has 1 aliphatic rings. The van der Waals surface area contributed by atoms with E-state index in [9.17, 15) is 0 Å². The molecular weight excluding hydrogens is 158 g/mol. The van der Waals surface area contributed by atoms with Gasteiger partial charge in [0.25, 0.3) is 0 Å². The van der Waals surface area contributed by atoms with E-state index in [1.165, 1.54) is 38.5 Å². The molecule has 1 fully saturated rings. The van der Waals surface area contributed by atoms with Crippen LogP contribution in [0.5, 0.6) is 0 Å². The highest BCUT2D eigenvalue weighted by Crippen LogP contribution is 2.21. The molecule has 1 N–H and O–H groups in total. The first-order chi connectivity index (χ1) is 6.26. The lowest BCUT2D eigenvalue weighted by atomic mass is 9.95. The SMILES string of the molecule is CCC(CC)CCC1CC[C@H](C)N1. The van der Waals surface area contributed by atoms with Crippen LogP contribution >= 0.6 is 0 Å². The first-order valence-electron chi connectivity index (χ1n) is 6.02. The molecule has 2 atom stereocenters. The van der Waals surface area contributed by atoms with E-state index in [1.54, 1.807) is 0 Å². The zero-order valence-electron chi connectivity index (χ0n) is 9.47. The van der Waals surface area contributed by atoms with Crippen molar-refractivity contribution in [2.45, 2.75) is 71.4 Å². The third-order valence-electron chi connectivity index (χ3n) is 3.55. The molecule has 0 saturated carbocycles. The van der Waals surface area contributed by atoms with E-state index in [0.717, 1.165) is 18.0 Å². The maximum Gasteiger partial charge on any atom is 0.00702 e. The molecule has 0 spiro atoms. The van der Waals surface area contributed by atoms with Gasteiger partial charge in [0.05, 0.1) is 0 Å². The minimum atomic E-state index is 0.770. The van der Waals surface area contributed by atoms with Crippen LogP contribution in [0.2, 0.25) is 0 Å². The van der Waals surface area contributed by atoms with Gasteiger partial charge >= 0.3 is 0 Å². The second-order valence-corrected chi connectivity index (χ2v) is 4.60. The quantitative estimate of drug-likeness (QED) is 0.689. The second-order valence-electron chi connectivity index (χ2n) is 4.60. The molecule has 0 amide bonds. The molecule has 0 aromatic heterocycles. The average molecular weight is 183 g/mol. The van der Waals surface area contributed by atoms with Gasteiger partial charge in [-0.05, 0) is 38.5 Å². The zero-order valence-corrected chi connectivity index (χ0v) is 9.47. The normalized spacial score (nSPS) is 28.6. The highest BCUT2D eigenvalue weighted by molar-refractivity contribution is 4.80. The van der Waals surface area contributed by atoms with Crippen LogP contribution in [-0.4, -0.2) is 12.1 Å². The van der Waals surface area contributed by atoms with Crippen LogP contribution in [0.25, 0.3) is 0 Å². The van der Waals surface area contributed by atoms with Gasteiger partial charge in [-0.15, -0.1) is 0 Å². The van der Waals surface area contributed by atoms with Crippen molar-refractivity contribution in [2.75, 3.05) is 0 Å². The van der Waals surface area contributed by atoms with Crippen molar-refractivity contribution in [1.29, 1.82) is 0 Å². The van der Waals surface area contributed by atoms with Crippen molar-refractivity contribution < 1.29 is 0 Å². The second kappa shape index (κ2) is 5.64. The lowest BCUT2D eigenvalue weighted by Crippen LogP contribution is -2.27. The number of hydrogen-bond donors (Lipinski definition) is 1. The molecular formula is C12H25N. The van der Waals surface area contributed by atoms with E-state index < -0.39 is 0 Å². The summed E-state index contributed by atoms with van der Waals surface area (Å²) in [5.74, 6) is 0.970. The largest absolute Gasteiger partial charge is 0.312 e. The molecule has 1 heterocycles. The molecule has 0 bridgehead atoms. The van der Waals surface area contributed by atoms with Crippen LogP contribution < -0.4 is 5.32 Å². The minimum absolute atomic E-state index is 0.770. The Labute approximate surface area is 83.3 Å². The van der Waals surface area contributed by atoms with E-state index in [1.807, 2.05) is 0 Å². The third kappa shape index (κ3) is 3.68. The first kappa shape index (κ1) is 11.0. The van der Waals surface area contributed by atoms with Gasteiger partial charge in [0.15, 0.2) is 0 Å². The van der Waals surface area contributed by atoms with Gasteiger partial charge < -0.3 is 5.32 Å². The highest BCUT2D eigenvalue weighted by Gasteiger charge is 2.20. The maximum atomic E-state index is 3.66. The summed E-state index contributed by atoms with van der Waals surface area (Å²) in [4.78, 5) is 0. The maximum absolute atomic E-state index is 3.66. The van der Waals surface area contributed by atoms with Crippen LogP contribution in [0.1, 0.15) is 59.3 Å². The molecule has 1 nitrogen and oxygen atoms in total. The van der Waals surface area contributed by atoms with Gasteiger partial charge in [-0.25, -0.2) is 0 Å². The molecule has 1 heteroatoms. The molecule has 78 valence electrons. The predicted molar refractivity (Wildman–Crippen MR) is 58.9 cm³/mol. The van der Waals surface area contributed by atoms with Crippen molar-refractivity contribution in [3.8, 4) is 0 Å². The van der Waals surface area contributed by atoms with E-state index in [-0.39, 0.29) is 0 Å². The lowest BCUT2D eigenvalue weighted by Gasteiger charge is -2.16. The number of rotatable bonds is 5. The predicted octanol–water partition coefficient (Wildman–Crippen LogP) is 3.34. The fourth-order valence-electron chi connectivity index (χ4n) is 2.38. The summed E-state index contributed by atoms with van der Waals surface area (Å²) in [5.41, 5.74) is 0. The molecule has 1 rings (SSSR count). The van der Waals surface area contributed by atoms with Crippen LogP contribution in [0.3, 0.4) is 0 Å². The molecule has 1 aliphatic heterocycles. The zero-order chi connectivity index (χ0) is 9.68. The Bertz CT molecular complexity index is 129. The minimum Gasteiger partial charge on any atom is -0.312 e. The molecule has 1 unspecified atom stereocenters. The number of hydrogen-bond acceptors (Lipinski definition) is 1. The molecule has 0 aromatic carbocycles. The number of nitrogens with one attached hydrogen (secondary N) is 1. The Morgan fingerprint density at radius 2 is 1.92 bits per heavy atom. The Morgan fingerprint density at radius 1 is 1.23 bits per heavy atom. The van der Waals surface area contributed by atoms with Crippen LogP contribution in [0.15, 0.2) is 0 Å². The lowest BCUT2D eigenvalue weighted by molar-refractivity contribution is 0.399. The van der Waals surface area contributed by atoms with Crippen molar-refractivity contribution >= 4 is 0 Å². The molecule has 0 aromatic rings. The van der Waals surface area contributed by atoms with Crippen molar-refractivity contribution in [3.05, 3.63) is 0 Å². The van der Waals surface area contributed by atoms with Gasteiger partial charge in [-0.1, -0.05) is 26.7 Å². The summed E-state index contributed by atoms with van der Waals surface area (Å²) in [7, 11) is 0. The Hall–Kier alpha value is -0.0400. The summed E-state index contributed by atoms with van der Waals surface area (Å²) >= 11 is 0. The van der Waals surface area contributed by atoms with E-state index in [4.69, 9.17) is 0 Å². The first-order valence-corrected chi connectivity index (χ1v) is 6.02. The topological polar surface area (TPSA) is 12.0 Å². The third-order valence-corrected chi connectivity index (χ3v) is 3.55. The average Bonchev–Trinajstić information content (AvgIpc) is 2.53. The van der Waals surface area contributed by atoms with Crippen LogP contribution in [-0.2, 0) is 0 Å². The monoisotopic (exact) mass is 183 g/mol. The van der Waals surface area contributed by atoms with Crippen molar-refractivity contribution in [3.63, 3.8) is 0 Å². The summed E-state index contributed by atoms with van der Waals surface area (Å²) in [5, 5.41) is 3.66. The molecule has 0 radical (unpaired) electrons. The van der Waals surface area contributed by atoms with Crippen LogP contribution in [0, 0.1) is 5.92 Å². The summed E-state index contributed by atoms with van der Waals surface area (Å²) < 4.78 is 0. The van der Waals surface area contributed by atoms with Gasteiger partial charge in [0, 0.05) is 12.1 Å². The highest BCUT2D eigenvalue weighted by atomic mass is 15.0. The van der Waals surface area contributed by atoms with Crippen molar-refractivity contribution in [1.82, 2.24) is 5.32 Å². The van der Waals surface area contributed by atoms with E-state index >= 15 is 0 Å².